The number of para-hydroxylation sites is 1. The molecule has 0 aliphatic heterocycles. The van der Waals surface area contributed by atoms with Crippen molar-refractivity contribution in [3.63, 3.8) is 0 Å². The Morgan fingerprint density at radius 2 is 1.76 bits per heavy atom. The van der Waals surface area contributed by atoms with Crippen LogP contribution < -0.4 is 0 Å². The zero-order chi connectivity index (χ0) is 14.8. The van der Waals surface area contributed by atoms with E-state index in [0.717, 1.165) is 16.5 Å². The van der Waals surface area contributed by atoms with Gasteiger partial charge in [0.2, 0.25) is 0 Å². The summed E-state index contributed by atoms with van der Waals surface area (Å²) in [7, 11) is 0. The zero-order valence-corrected chi connectivity index (χ0v) is 12.2. The number of benzene rings is 2. The Balaban J connectivity index is 2.09. The first-order chi connectivity index (χ1) is 10.2. The van der Waals surface area contributed by atoms with E-state index in [4.69, 9.17) is 0 Å². The Kier molecular flexibility index (Phi) is 3.71. The molecule has 0 fully saturated rings. The molecule has 0 aliphatic carbocycles. The maximum absolute atomic E-state index is 11.2. The number of fused-ring (bicyclic) bond motifs is 1. The van der Waals surface area contributed by atoms with Gasteiger partial charge in [0.15, 0.2) is 0 Å². The number of carbonyl (C=O) groups is 1. The highest BCUT2D eigenvalue weighted by Gasteiger charge is 2.20. The van der Waals surface area contributed by atoms with Crippen molar-refractivity contribution in [1.29, 1.82) is 0 Å². The molecule has 0 bridgehead atoms. The zero-order valence-electron chi connectivity index (χ0n) is 11.3. The van der Waals surface area contributed by atoms with Crippen LogP contribution in [0.1, 0.15) is 16.4 Å². The number of hydrogen-bond donors (Lipinski definition) is 2. The topological polar surface area (TPSA) is 42.2 Å². The van der Waals surface area contributed by atoms with E-state index >= 15 is 0 Å². The monoisotopic (exact) mass is 297 g/mol. The van der Waals surface area contributed by atoms with Crippen LogP contribution in [-0.4, -0.2) is 15.6 Å². The van der Waals surface area contributed by atoms with Crippen LogP contribution in [0.25, 0.3) is 10.9 Å². The first-order valence-electron chi connectivity index (χ1n) is 6.69. The van der Waals surface area contributed by atoms with Gasteiger partial charge in [0.25, 0.3) is 0 Å². The molecule has 0 aliphatic rings. The molecule has 1 unspecified atom stereocenters. The van der Waals surface area contributed by atoms with Crippen LogP contribution in [0.4, 0.5) is 0 Å². The van der Waals surface area contributed by atoms with Crippen LogP contribution in [0.15, 0.2) is 60.8 Å². The summed E-state index contributed by atoms with van der Waals surface area (Å²) >= 11 is 4.22. The third kappa shape index (κ3) is 2.67. The number of aliphatic carboxylic acids is 1. The van der Waals surface area contributed by atoms with Crippen molar-refractivity contribution in [2.45, 2.75) is 11.8 Å². The van der Waals surface area contributed by atoms with E-state index in [9.17, 15) is 9.90 Å². The minimum Gasteiger partial charge on any atom is -0.480 e. The van der Waals surface area contributed by atoms with E-state index in [1.165, 1.54) is 5.56 Å². The van der Waals surface area contributed by atoms with E-state index < -0.39 is 11.2 Å². The molecule has 0 spiro atoms. The van der Waals surface area contributed by atoms with Crippen LogP contribution in [0.2, 0.25) is 0 Å². The smallest absolute Gasteiger partial charge is 0.320 e. The standard InChI is InChI=1S/C17H15NO2S/c19-17(20)16(21)14-11-18(10-12-6-2-1-3-7-12)15-9-5-4-8-13(14)15/h1-9,11,16,21H,10H2,(H,19,20). The quantitative estimate of drug-likeness (QED) is 0.720. The van der Waals surface area contributed by atoms with E-state index in [1.807, 2.05) is 48.7 Å². The fraction of sp³-hybridized carbons (Fsp3) is 0.118. The molecule has 21 heavy (non-hydrogen) atoms. The van der Waals surface area contributed by atoms with E-state index in [0.29, 0.717) is 6.54 Å². The highest BCUT2D eigenvalue weighted by Crippen LogP contribution is 2.30. The molecule has 1 atom stereocenters. The molecule has 0 amide bonds. The van der Waals surface area contributed by atoms with Crippen molar-refractivity contribution in [1.82, 2.24) is 4.57 Å². The fourth-order valence-corrected chi connectivity index (χ4v) is 2.74. The SMILES string of the molecule is O=C(O)C(S)c1cn(Cc2ccccc2)c2ccccc12. The van der Waals surface area contributed by atoms with Crippen molar-refractivity contribution in [3.05, 3.63) is 71.9 Å². The molecule has 3 nitrogen and oxygen atoms in total. The van der Waals surface area contributed by atoms with Crippen LogP contribution in [0, 0.1) is 0 Å². The lowest BCUT2D eigenvalue weighted by Gasteiger charge is -2.05. The summed E-state index contributed by atoms with van der Waals surface area (Å²) in [6, 6.07) is 17.9. The van der Waals surface area contributed by atoms with Crippen molar-refractivity contribution < 1.29 is 9.90 Å². The predicted molar refractivity (Wildman–Crippen MR) is 86.8 cm³/mol. The Morgan fingerprint density at radius 3 is 2.48 bits per heavy atom. The number of aromatic nitrogens is 1. The highest BCUT2D eigenvalue weighted by molar-refractivity contribution is 7.81. The Labute approximate surface area is 128 Å². The van der Waals surface area contributed by atoms with Gasteiger partial charge in [0, 0.05) is 29.2 Å². The van der Waals surface area contributed by atoms with Crippen molar-refractivity contribution in [3.8, 4) is 0 Å². The largest absolute Gasteiger partial charge is 0.480 e. The number of nitrogens with zero attached hydrogens (tertiary/aromatic N) is 1. The first-order valence-corrected chi connectivity index (χ1v) is 7.21. The van der Waals surface area contributed by atoms with Gasteiger partial charge in [-0.25, -0.2) is 0 Å². The molecule has 2 aromatic carbocycles. The third-order valence-corrected chi connectivity index (χ3v) is 4.04. The lowest BCUT2D eigenvalue weighted by atomic mass is 10.1. The van der Waals surface area contributed by atoms with Crippen LogP contribution in [0.5, 0.6) is 0 Å². The average molecular weight is 297 g/mol. The van der Waals surface area contributed by atoms with Gasteiger partial charge in [-0.1, -0.05) is 48.5 Å². The van der Waals surface area contributed by atoms with Crippen LogP contribution >= 0.6 is 12.6 Å². The van der Waals surface area contributed by atoms with Gasteiger partial charge in [-0.15, -0.1) is 0 Å². The minimum atomic E-state index is -0.930. The maximum Gasteiger partial charge on any atom is 0.320 e. The summed E-state index contributed by atoms with van der Waals surface area (Å²) in [5.74, 6) is -0.930. The average Bonchev–Trinajstić information content (AvgIpc) is 2.86. The number of rotatable bonds is 4. The van der Waals surface area contributed by atoms with Gasteiger partial charge < -0.3 is 9.67 Å². The second-order valence-electron chi connectivity index (χ2n) is 4.96. The lowest BCUT2D eigenvalue weighted by Crippen LogP contribution is -2.04. The fourth-order valence-electron chi connectivity index (χ4n) is 2.54. The number of thiol groups is 1. The number of hydrogen-bond acceptors (Lipinski definition) is 2. The van der Waals surface area contributed by atoms with E-state index in [-0.39, 0.29) is 0 Å². The van der Waals surface area contributed by atoms with Gasteiger partial charge in [-0.05, 0) is 11.6 Å². The van der Waals surface area contributed by atoms with Crippen molar-refractivity contribution >= 4 is 29.5 Å². The van der Waals surface area contributed by atoms with Crippen molar-refractivity contribution in [2.24, 2.45) is 0 Å². The molecule has 3 aromatic rings. The molecular formula is C17H15NO2S. The predicted octanol–water partition coefficient (Wildman–Crippen LogP) is 3.75. The Hall–Kier alpha value is -2.20. The molecule has 0 saturated heterocycles. The molecular weight excluding hydrogens is 282 g/mol. The summed E-state index contributed by atoms with van der Waals surface area (Å²) in [4.78, 5) is 11.2. The Morgan fingerprint density at radius 1 is 1.10 bits per heavy atom. The summed E-state index contributed by atoms with van der Waals surface area (Å²) in [5.41, 5.74) is 2.94. The number of carboxylic acids is 1. The van der Waals surface area contributed by atoms with Gasteiger partial charge >= 0.3 is 5.97 Å². The van der Waals surface area contributed by atoms with Gasteiger partial charge in [0.1, 0.15) is 5.25 Å². The highest BCUT2D eigenvalue weighted by atomic mass is 32.1. The van der Waals surface area contributed by atoms with Crippen molar-refractivity contribution in [2.75, 3.05) is 0 Å². The number of carboxylic acid groups (broad SMARTS) is 1. The summed E-state index contributed by atoms with van der Waals surface area (Å²) in [6.45, 7) is 0.710. The van der Waals surface area contributed by atoms with Gasteiger partial charge in [-0.3, -0.25) is 4.79 Å². The molecule has 0 saturated carbocycles. The van der Waals surface area contributed by atoms with Gasteiger partial charge in [0.05, 0.1) is 0 Å². The van der Waals surface area contributed by atoms with E-state index in [2.05, 4.69) is 29.3 Å². The molecule has 1 aromatic heterocycles. The summed E-state index contributed by atoms with van der Waals surface area (Å²) in [5, 5.41) is 9.34. The molecule has 4 heteroatoms. The lowest BCUT2D eigenvalue weighted by molar-refractivity contribution is -0.136. The normalized spacial score (nSPS) is 12.4. The molecule has 1 heterocycles. The second kappa shape index (κ2) is 5.66. The summed E-state index contributed by atoms with van der Waals surface area (Å²) in [6.07, 6.45) is 1.89. The second-order valence-corrected chi connectivity index (χ2v) is 5.47. The maximum atomic E-state index is 11.2. The molecule has 1 N–H and O–H groups in total. The van der Waals surface area contributed by atoms with E-state index in [1.54, 1.807) is 0 Å². The third-order valence-electron chi connectivity index (χ3n) is 3.54. The van der Waals surface area contributed by atoms with Crippen LogP contribution in [0.3, 0.4) is 0 Å². The molecule has 3 rings (SSSR count). The molecule has 106 valence electrons. The van der Waals surface area contributed by atoms with Crippen LogP contribution in [-0.2, 0) is 11.3 Å². The minimum absolute atomic E-state index is 0.710. The molecule has 0 radical (unpaired) electrons. The first kappa shape index (κ1) is 13.8. The van der Waals surface area contributed by atoms with Gasteiger partial charge in [-0.2, -0.15) is 12.6 Å². The summed E-state index contributed by atoms with van der Waals surface area (Å²) < 4.78 is 2.08. The Bertz CT molecular complexity index is 780.